The summed E-state index contributed by atoms with van der Waals surface area (Å²) < 4.78 is 25.1. The van der Waals surface area contributed by atoms with Crippen molar-refractivity contribution in [2.45, 2.75) is 26.1 Å². The monoisotopic (exact) mass is 438 g/mol. The number of amides is 1. The van der Waals surface area contributed by atoms with Crippen molar-refractivity contribution in [2.75, 3.05) is 26.4 Å². The summed E-state index contributed by atoms with van der Waals surface area (Å²) in [5.41, 5.74) is 6.99. The Morgan fingerprint density at radius 2 is 1.85 bits per heavy atom. The van der Waals surface area contributed by atoms with Gasteiger partial charge in [0.2, 0.25) is 5.91 Å². The first kappa shape index (κ1) is 25.7. The Hall–Kier alpha value is -1.35. The van der Waals surface area contributed by atoms with Gasteiger partial charge in [0, 0.05) is 19.8 Å². The van der Waals surface area contributed by atoms with E-state index in [0.717, 1.165) is 11.8 Å². The molecule has 1 aromatic heterocycles. The molecule has 2 N–H and O–H groups in total. The zero-order valence-electron chi connectivity index (χ0n) is 16.0. The lowest BCUT2D eigenvalue weighted by atomic mass is 9.93. The molecule has 27 heavy (non-hydrogen) atoms. The summed E-state index contributed by atoms with van der Waals surface area (Å²) in [7, 11) is -1.53. The molecule has 0 radical (unpaired) electrons. The predicted octanol–water partition coefficient (Wildman–Crippen LogP) is 1.87. The first-order chi connectivity index (χ1) is 11.5. The summed E-state index contributed by atoms with van der Waals surface area (Å²) in [6, 6.07) is 7.33. The fraction of sp³-hybridized carbons (Fsp3) is 0.529. The summed E-state index contributed by atoms with van der Waals surface area (Å²) in [4.78, 5) is 18.7. The van der Waals surface area contributed by atoms with E-state index in [1.54, 1.807) is 16.5 Å². The molecule has 2 aromatic rings. The molecule has 0 spiro atoms. The maximum Gasteiger partial charge on any atom is 0.242 e. The normalized spacial score (nSPS) is 11.6. The fourth-order valence-electron chi connectivity index (χ4n) is 2.70. The van der Waals surface area contributed by atoms with Crippen molar-refractivity contribution in [3.63, 3.8) is 0 Å². The molecular weight excluding hydrogens is 411 g/mol. The first-order valence-corrected chi connectivity index (χ1v) is 10.1. The Morgan fingerprint density at radius 3 is 2.41 bits per heavy atom. The van der Waals surface area contributed by atoms with Crippen LogP contribution in [-0.4, -0.2) is 55.2 Å². The van der Waals surface area contributed by atoms with Gasteiger partial charge in [-0.2, -0.15) is 0 Å². The number of likely N-dealkylation sites (N-methyl/N-ethyl adjacent to an activating group) is 1. The minimum atomic E-state index is -3.26. The Morgan fingerprint density at radius 1 is 1.26 bits per heavy atom. The summed E-state index contributed by atoms with van der Waals surface area (Å²) in [5, 5.41) is 0. The molecule has 0 aliphatic rings. The van der Waals surface area contributed by atoms with Crippen molar-refractivity contribution in [1.82, 2.24) is 14.5 Å². The van der Waals surface area contributed by atoms with E-state index in [4.69, 9.17) is 5.73 Å². The van der Waals surface area contributed by atoms with Gasteiger partial charge in [-0.3, -0.25) is 4.79 Å². The molecule has 1 heterocycles. The molecule has 7 nitrogen and oxygen atoms in total. The van der Waals surface area contributed by atoms with Gasteiger partial charge in [0.1, 0.15) is 18.1 Å². The summed E-state index contributed by atoms with van der Waals surface area (Å²) >= 11 is 0. The number of halogens is 2. The van der Waals surface area contributed by atoms with Crippen LogP contribution in [-0.2, 0) is 26.9 Å². The molecule has 0 unspecified atom stereocenters. The molecule has 0 saturated carbocycles. The minimum absolute atomic E-state index is 0. The van der Waals surface area contributed by atoms with E-state index in [0.29, 0.717) is 24.4 Å². The SMILES string of the molecule is CN(CC(C)(C)CN)C(=O)Cn1c(CS(C)(=O)=O)nc2ccccc21.Cl.Cl. The highest BCUT2D eigenvalue weighted by Crippen LogP contribution is 2.19. The summed E-state index contributed by atoms with van der Waals surface area (Å²) in [6.07, 6.45) is 1.16. The quantitative estimate of drug-likeness (QED) is 0.710. The van der Waals surface area contributed by atoms with E-state index in [1.165, 1.54) is 0 Å². The van der Waals surface area contributed by atoms with Gasteiger partial charge >= 0.3 is 0 Å². The van der Waals surface area contributed by atoms with E-state index < -0.39 is 9.84 Å². The van der Waals surface area contributed by atoms with Gasteiger partial charge in [0.15, 0.2) is 9.84 Å². The standard InChI is InChI=1S/C17H26N4O3S.2ClH/c1-17(2,11-18)12-20(3)16(22)9-21-14-8-6-5-7-13(14)19-15(21)10-25(4,23)24;;/h5-8H,9-12,18H2,1-4H3;2*1H. The Kier molecular flexibility index (Phi) is 9.24. The number of para-hydroxylation sites is 2. The van der Waals surface area contributed by atoms with Gasteiger partial charge in [-0.1, -0.05) is 26.0 Å². The van der Waals surface area contributed by atoms with E-state index in [2.05, 4.69) is 4.98 Å². The number of nitrogens with two attached hydrogens (primary N) is 1. The molecule has 0 aliphatic carbocycles. The molecule has 154 valence electrons. The molecule has 0 fully saturated rings. The Bertz CT molecular complexity index is 881. The molecule has 10 heteroatoms. The highest BCUT2D eigenvalue weighted by molar-refractivity contribution is 7.89. The third-order valence-electron chi connectivity index (χ3n) is 4.06. The number of fused-ring (bicyclic) bond motifs is 1. The number of hydrogen-bond acceptors (Lipinski definition) is 5. The number of sulfone groups is 1. The summed E-state index contributed by atoms with van der Waals surface area (Å²) in [5.74, 6) is 0.0652. The van der Waals surface area contributed by atoms with Crippen LogP contribution in [0, 0.1) is 5.41 Å². The lowest BCUT2D eigenvalue weighted by molar-refractivity contribution is -0.131. The van der Waals surface area contributed by atoms with Gasteiger partial charge in [0.05, 0.1) is 11.0 Å². The van der Waals surface area contributed by atoms with Crippen molar-refractivity contribution < 1.29 is 13.2 Å². The largest absolute Gasteiger partial charge is 0.344 e. The molecule has 2 rings (SSSR count). The van der Waals surface area contributed by atoms with Crippen molar-refractivity contribution in [2.24, 2.45) is 11.1 Å². The van der Waals surface area contributed by atoms with Gasteiger partial charge in [0.25, 0.3) is 0 Å². The zero-order valence-corrected chi connectivity index (χ0v) is 18.5. The van der Waals surface area contributed by atoms with E-state index in [-0.39, 0.29) is 48.4 Å². The Balaban J connectivity index is 0.00000338. The summed E-state index contributed by atoms with van der Waals surface area (Å²) in [6.45, 7) is 5.04. The van der Waals surface area contributed by atoms with Crippen molar-refractivity contribution >= 4 is 51.6 Å². The predicted molar refractivity (Wildman–Crippen MR) is 113 cm³/mol. The molecule has 1 aromatic carbocycles. The van der Waals surface area contributed by atoms with Crippen LogP contribution in [0.1, 0.15) is 19.7 Å². The maximum absolute atomic E-state index is 12.7. The van der Waals surface area contributed by atoms with Crippen molar-refractivity contribution in [1.29, 1.82) is 0 Å². The van der Waals surface area contributed by atoms with Crippen LogP contribution in [0.5, 0.6) is 0 Å². The topological polar surface area (TPSA) is 98.3 Å². The van der Waals surface area contributed by atoms with Gasteiger partial charge in [-0.05, 0) is 24.1 Å². The molecule has 0 bridgehead atoms. The number of nitrogens with zero attached hydrogens (tertiary/aromatic N) is 3. The molecule has 0 aliphatic heterocycles. The number of aromatic nitrogens is 2. The lowest BCUT2D eigenvalue weighted by Crippen LogP contribution is -2.41. The maximum atomic E-state index is 12.7. The average molecular weight is 439 g/mol. The second-order valence-electron chi connectivity index (χ2n) is 7.29. The third kappa shape index (κ3) is 6.95. The smallest absolute Gasteiger partial charge is 0.242 e. The number of carbonyl (C=O) groups excluding carboxylic acids is 1. The van der Waals surface area contributed by atoms with Crippen LogP contribution >= 0.6 is 24.8 Å². The number of benzene rings is 1. The fourth-order valence-corrected chi connectivity index (χ4v) is 3.39. The van der Waals surface area contributed by atoms with Crippen LogP contribution in [0.3, 0.4) is 0 Å². The highest BCUT2D eigenvalue weighted by atomic mass is 35.5. The zero-order chi connectivity index (χ0) is 18.8. The average Bonchev–Trinajstić information content (AvgIpc) is 2.82. The second kappa shape index (κ2) is 9.73. The lowest BCUT2D eigenvalue weighted by Gasteiger charge is -2.29. The minimum Gasteiger partial charge on any atom is -0.344 e. The van der Waals surface area contributed by atoms with Crippen molar-refractivity contribution in [3.8, 4) is 0 Å². The molecular formula is C17H28Cl2N4O3S. The highest BCUT2D eigenvalue weighted by Gasteiger charge is 2.23. The van der Waals surface area contributed by atoms with Gasteiger partial charge < -0.3 is 15.2 Å². The molecule has 0 saturated heterocycles. The Labute approximate surface area is 173 Å². The van der Waals surface area contributed by atoms with Crippen LogP contribution in [0.15, 0.2) is 24.3 Å². The van der Waals surface area contributed by atoms with Crippen LogP contribution in [0.25, 0.3) is 11.0 Å². The first-order valence-electron chi connectivity index (χ1n) is 8.08. The van der Waals surface area contributed by atoms with Crippen LogP contribution in [0.2, 0.25) is 0 Å². The van der Waals surface area contributed by atoms with Gasteiger partial charge in [-0.15, -0.1) is 24.8 Å². The number of carbonyl (C=O) groups is 1. The number of rotatable bonds is 7. The third-order valence-corrected chi connectivity index (χ3v) is 4.84. The van der Waals surface area contributed by atoms with Gasteiger partial charge in [-0.25, -0.2) is 13.4 Å². The van der Waals surface area contributed by atoms with Crippen molar-refractivity contribution in [3.05, 3.63) is 30.1 Å². The van der Waals surface area contributed by atoms with E-state index >= 15 is 0 Å². The van der Waals surface area contributed by atoms with Crippen LogP contribution < -0.4 is 5.73 Å². The van der Waals surface area contributed by atoms with E-state index in [1.807, 2.05) is 38.1 Å². The number of imidazole rings is 1. The molecule has 0 atom stereocenters. The number of hydrogen-bond donors (Lipinski definition) is 1. The van der Waals surface area contributed by atoms with E-state index in [9.17, 15) is 13.2 Å². The van der Waals surface area contributed by atoms with Crippen LogP contribution in [0.4, 0.5) is 0 Å². The second-order valence-corrected chi connectivity index (χ2v) is 9.43. The molecule has 1 amide bonds.